The Morgan fingerprint density at radius 3 is 1.35 bits per heavy atom. The molecule has 0 aromatic rings. The van der Waals surface area contributed by atoms with Crippen LogP contribution < -0.4 is 0 Å². The zero-order chi connectivity index (χ0) is 20.7. The lowest BCUT2D eigenvalue weighted by atomic mass is 10.2. The maximum Gasteiger partial charge on any atom is 0.508 e. The van der Waals surface area contributed by atoms with Gasteiger partial charge in [-0.15, -0.1) is 0 Å². The van der Waals surface area contributed by atoms with Crippen LogP contribution in [0.25, 0.3) is 0 Å². The van der Waals surface area contributed by atoms with Gasteiger partial charge in [-0.05, 0) is 34.1 Å². The van der Waals surface area contributed by atoms with Crippen LogP contribution in [0, 0.1) is 0 Å². The van der Waals surface area contributed by atoms with Crippen LogP contribution in [-0.4, -0.2) is 44.0 Å². The summed E-state index contributed by atoms with van der Waals surface area (Å²) in [6, 6.07) is 0. The van der Waals surface area contributed by atoms with Crippen molar-refractivity contribution in [2.75, 3.05) is 19.8 Å². The highest BCUT2D eigenvalue weighted by molar-refractivity contribution is 5.66. The Morgan fingerprint density at radius 2 is 1.15 bits per heavy atom. The summed E-state index contributed by atoms with van der Waals surface area (Å²) in [5, 5.41) is 0. The summed E-state index contributed by atoms with van der Waals surface area (Å²) < 4.78 is 18.1. The molecule has 0 aromatic carbocycles. The Morgan fingerprint density at radius 1 is 0.769 bits per heavy atom. The van der Waals surface area contributed by atoms with Crippen LogP contribution in [0.15, 0.2) is 0 Å². The summed E-state index contributed by atoms with van der Waals surface area (Å²) in [4.78, 5) is 30.3. The zero-order valence-corrected chi connectivity index (χ0v) is 17.5. The Hall–Kier alpha value is -1.79. The molecule has 0 bridgehead atoms. The topological polar surface area (TPSA) is 88.1 Å². The van der Waals surface area contributed by atoms with Crippen molar-refractivity contribution < 1.29 is 33.3 Å². The van der Waals surface area contributed by atoms with Crippen LogP contribution in [0.1, 0.15) is 82.6 Å². The molecule has 0 N–H and O–H groups in total. The second-order valence-electron chi connectivity index (χ2n) is 4.25. The van der Waals surface area contributed by atoms with Crippen LogP contribution >= 0.6 is 0 Å². The van der Waals surface area contributed by atoms with Crippen molar-refractivity contribution in [2.45, 2.75) is 88.7 Å². The average molecular weight is 383 g/mol. The van der Waals surface area contributed by atoms with Gasteiger partial charge in [0.25, 0.3) is 0 Å². The van der Waals surface area contributed by atoms with Crippen molar-refractivity contribution in [3.05, 3.63) is 0 Å². The molecule has 1 unspecified atom stereocenters. The Kier molecular flexibility index (Phi) is 42.2. The monoisotopic (exact) mass is 382 g/mol. The summed E-state index contributed by atoms with van der Waals surface area (Å²) in [6.07, 6.45) is 1.52. The summed E-state index contributed by atoms with van der Waals surface area (Å²) in [7, 11) is 0. The van der Waals surface area contributed by atoms with Crippen LogP contribution in [0.2, 0.25) is 0 Å². The Bertz CT molecular complexity index is 296. The van der Waals surface area contributed by atoms with Gasteiger partial charge < -0.3 is 18.9 Å². The first-order valence-corrected chi connectivity index (χ1v) is 8.84. The molecular weight excluding hydrogens is 340 g/mol. The van der Waals surface area contributed by atoms with Crippen LogP contribution in [0.3, 0.4) is 0 Å². The van der Waals surface area contributed by atoms with E-state index in [0.29, 0.717) is 19.8 Å². The summed E-state index contributed by atoms with van der Waals surface area (Å²) in [6.45, 7) is 17.3. The number of rotatable bonds is 6. The minimum absolute atomic E-state index is 0. The van der Waals surface area contributed by atoms with Crippen molar-refractivity contribution in [3.8, 4) is 0 Å². The van der Waals surface area contributed by atoms with Gasteiger partial charge in [0, 0.05) is 13.8 Å². The van der Waals surface area contributed by atoms with Crippen LogP contribution in [0.4, 0.5) is 4.79 Å². The van der Waals surface area contributed by atoms with Crippen molar-refractivity contribution in [1.29, 1.82) is 0 Å². The first-order chi connectivity index (χ1) is 11.7. The Balaban J connectivity index is -0.0000000806. The number of hydrogen-bond acceptors (Lipinski definition) is 7. The van der Waals surface area contributed by atoms with E-state index in [2.05, 4.69) is 21.1 Å². The molecule has 0 aromatic heterocycles. The molecule has 0 saturated carbocycles. The fourth-order valence-corrected chi connectivity index (χ4v) is 1.23. The van der Waals surface area contributed by atoms with E-state index in [1.807, 2.05) is 20.8 Å². The molecule has 0 aliphatic rings. The molecule has 160 valence electrons. The molecule has 1 atom stereocenters. The molecule has 0 fully saturated rings. The molecule has 0 spiro atoms. The van der Waals surface area contributed by atoms with E-state index in [4.69, 9.17) is 4.74 Å². The lowest BCUT2D eigenvalue weighted by Gasteiger charge is -2.08. The lowest BCUT2D eigenvalue weighted by Crippen LogP contribution is -2.11. The third-order valence-electron chi connectivity index (χ3n) is 1.93. The highest BCUT2D eigenvalue weighted by atomic mass is 16.7. The van der Waals surface area contributed by atoms with Gasteiger partial charge in [-0.2, -0.15) is 0 Å². The van der Waals surface area contributed by atoms with Gasteiger partial charge >= 0.3 is 18.1 Å². The van der Waals surface area contributed by atoms with Gasteiger partial charge in [-0.3, -0.25) is 9.59 Å². The highest BCUT2D eigenvalue weighted by Gasteiger charge is 2.01. The molecular formula is C19H42O7. The molecule has 0 amide bonds. The van der Waals surface area contributed by atoms with E-state index in [9.17, 15) is 14.4 Å². The van der Waals surface area contributed by atoms with E-state index in [1.165, 1.54) is 13.8 Å². The van der Waals surface area contributed by atoms with E-state index in [1.54, 1.807) is 20.8 Å². The molecule has 7 heteroatoms. The first kappa shape index (κ1) is 35.3. The summed E-state index contributed by atoms with van der Waals surface area (Å²) in [5.41, 5.74) is 0. The van der Waals surface area contributed by atoms with E-state index in [0.717, 1.165) is 12.8 Å². The SMILES string of the molecule is C.CC.CCCC(C)OC(C)=O.CCOC(=O)OCC.CCOC(C)=O. The first-order valence-electron chi connectivity index (χ1n) is 8.84. The van der Waals surface area contributed by atoms with Crippen molar-refractivity contribution in [3.63, 3.8) is 0 Å². The Labute approximate surface area is 160 Å². The lowest BCUT2D eigenvalue weighted by molar-refractivity contribution is -0.145. The molecule has 0 saturated heterocycles. The zero-order valence-electron chi connectivity index (χ0n) is 17.5. The fourth-order valence-electron chi connectivity index (χ4n) is 1.23. The number of hydrogen-bond donors (Lipinski definition) is 0. The average Bonchev–Trinajstić information content (AvgIpc) is 2.50. The van der Waals surface area contributed by atoms with Gasteiger partial charge in [0.2, 0.25) is 0 Å². The minimum Gasteiger partial charge on any atom is -0.466 e. The maximum atomic E-state index is 10.3. The number of carbonyl (C=O) groups excluding carboxylic acids is 3. The van der Waals surface area contributed by atoms with E-state index in [-0.39, 0.29) is 25.5 Å². The molecule has 0 rings (SSSR count). The normalized spacial score (nSPS) is 8.96. The third-order valence-corrected chi connectivity index (χ3v) is 1.93. The largest absolute Gasteiger partial charge is 0.508 e. The van der Waals surface area contributed by atoms with Crippen LogP contribution in [-0.2, 0) is 28.5 Å². The molecule has 26 heavy (non-hydrogen) atoms. The summed E-state index contributed by atoms with van der Waals surface area (Å²) >= 11 is 0. The second kappa shape index (κ2) is 31.0. The van der Waals surface area contributed by atoms with Crippen molar-refractivity contribution >= 4 is 18.1 Å². The summed E-state index contributed by atoms with van der Waals surface area (Å²) in [5.74, 6) is -0.395. The molecule has 7 nitrogen and oxygen atoms in total. The van der Waals surface area contributed by atoms with Crippen LogP contribution in [0.5, 0.6) is 0 Å². The smallest absolute Gasteiger partial charge is 0.466 e. The van der Waals surface area contributed by atoms with Gasteiger partial charge in [0.1, 0.15) is 0 Å². The van der Waals surface area contributed by atoms with E-state index < -0.39 is 6.16 Å². The maximum absolute atomic E-state index is 10.3. The van der Waals surface area contributed by atoms with Crippen molar-refractivity contribution in [1.82, 2.24) is 0 Å². The molecule has 0 aliphatic carbocycles. The predicted molar refractivity (Wildman–Crippen MR) is 105 cm³/mol. The molecule has 0 heterocycles. The number of esters is 2. The highest BCUT2D eigenvalue weighted by Crippen LogP contribution is 1.99. The van der Waals surface area contributed by atoms with Crippen molar-refractivity contribution in [2.24, 2.45) is 0 Å². The fraction of sp³-hybridized carbons (Fsp3) is 0.842. The number of ether oxygens (including phenoxy) is 4. The van der Waals surface area contributed by atoms with Gasteiger partial charge in [0.05, 0.1) is 25.9 Å². The quantitative estimate of drug-likeness (QED) is 0.463. The standard InChI is InChI=1S/C7H14O2.C5H10O3.C4H8O2.C2H6.CH4/c1-4-5-6(2)9-7(3)8;1-3-7-5(6)8-4-2;1-3-6-4(2)5;1-2;/h6H,4-5H2,1-3H3;3-4H2,1-2H3;3H2,1-2H3;1-2H3;1H4. The molecule has 0 radical (unpaired) electrons. The predicted octanol–water partition coefficient (Wildman–Crippen LogP) is 5.15. The second-order valence-corrected chi connectivity index (χ2v) is 4.25. The van der Waals surface area contributed by atoms with Gasteiger partial charge in [-0.1, -0.05) is 34.6 Å². The minimum atomic E-state index is -0.588. The van der Waals surface area contributed by atoms with Gasteiger partial charge in [0.15, 0.2) is 0 Å². The third kappa shape index (κ3) is 49.5. The van der Waals surface area contributed by atoms with E-state index >= 15 is 0 Å². The number of carbonyl (C=O) groups is 3. The molecule has 0 aliphatic heterocycles. The van der Waals surface area contributed by atoms with Gasteiger partial charge in [-0.25, -0.2) is 4.79 Å².